The number of thioether (sulfide) groups is 1. The molecule has 1 unspecified atom stereocenters. The summed E-state index contributed by atoms with van der Waals surface area (Å²) in [5.41, 5.74) is 0.233. The van der Waals surface area contributed by atoms with Crippen molar-refractivity contribution in [1.29, 1.82) is 0 Å². The zero-order valence-electron chi connectivity index (χ0n) is 28.2. The van der Waals surface area contributed by atoms with Crippen LogP contribution in [-0.2, 0) is 29.3 Å². The molecular weight excluding hydrogens is 576 g/mol. The molecule has 0 saturated heterocycles. The van der Waals surface area contributed by atoms with Gasteiger partial charge in [-0.2, -0.15) is 11.8 Å². The van der Waals surface area contributed by atoms with Gasteiger partial charge in [-0.1, -0.05) is 92.3 Å². The summed E-state index contributed by atoms with van der Waals surface area (Å²) in [4.78, 5) is 54.7. The lowest BCUT2D eigenvalue weighted by molar-refractivity contribution is -0.144. The first kappa shape index (κ1) is 41.1. The minimum Gasteiger partial charge on any atom is -0.467 e. The Kier molecular flexibility index (Phi) is 17.0. The topological polar surface area (TPSA) is 117 Å². The molecule has 0 aliphatic heterocycles. The third-order valence-electron chi connectivity index (χ3n) is 7.85. The van der Waals surface area contributed by atoms with E-state index in [0.29, 0.717) is 17.7 Å². The third-order valence-corrected chi connectivity index (χ3v) is 8.49. The van der Waals surface area contributed by atoms with Crippen molar-refractivity contribution in [3.8, 4) is 0 Å². The molecule has 0 saturated carbocycles. The Hall–Kier alpha value is -2.85. The molecule has 3 N–H and O–H groups in total. The molecular formula is C34H58N4O5S. The summed E-state index contributed by atoms with van der Waals surface area (Å²) in [6, 6.07) is 7.18. The second-order valence-corrected chi connectivity index (χ2v) is 14.0. The Labute approximate surface area is 270 Å². The van der Waals surface area contributed by atoms with Gasteiger partial charge in [-0.25, -0.2) is 4.79 Å². The molecule has 0 bridgehead atoms. The summed E-state index contributed by atoms with van der Waals surface area (Å²) >= 11 is 1.58. The molecule has 1 aromatic rings. The van der Waals surface area contributed by atoms with Gasteiger partial charge in [0.1, 0.15) is 12.1 Å². The summed E-state index contributed by atoms with van der Waals surface area (Å²) in [6.45, 7) is 15.4. The van der Waals surface area contributed by atoms with Crippen LogP contribution in [0.3, 0.4) is 0 Å². The maximum absolute atomic E-state index is 14.1. The quantitative estimate of drug-likeness (QED) is 0.191. The number of methoxy groups -OCH3 is 1. The van der Waals surface area contributed by atoms with Crippen molar-refractivity contribution >= 4 is 35.5 Å². The number of amides is 3. The Morgan fingerprint density at radius 1 is 1.00 bits per heavy atom. The predicted octanol–water partition coefficient (Wildman–Crippen LogP) is 4.56. The molecule has 0 aliphatic carbocycles. The van der Waals surface area contributed by atoms with E-state index >= 15 is 0 Å². The molecule has 1 aromatic carbocycles. The van der Waals surface area contributed by atoms with Gasteiger partial charge in [-0.3, -0.25) is 14.4 Å². The van der Waals surface area contributed by atoms with E-state index in [0.717, 1.165) is 5.56 Å². The number of ether oxygens (including phenoxy) is 1. The molecule has 0 heterocycles. The van der Waals surface area contributed by atoms with Crippen LogP contribution in [-0.4, -0.2) is 86.0 Å². The second-order valence-electron chi connectivity index (χ2n) is 13.0. The van der Waals surface area contributed by atoms with Gasteiger partial charge in [0.2, 0.25) is 17.7 Å². The van der Waals surface area contributed by atoms with E-state index in [4.69, 9.17) is 4.74 Å². The van der Waals surface area contributed by atoms with Gasteiger partial charge in [-0.15, -0.1) is 0 Å². The summed E-state index contributed by atoms with van der Waals surface area (Å²) in [5, 5.41) is 8.99. The predicted molar refractivity (Wildman–Crippen MR) is 183 cm³/mol. The van der Waals surface area contributed by atoms with Gasteiger partial charge < -0.3 is 25.6 Å². The van der Waals surface area contributed by atoms with Crippen LogP contribution in [0.5, 0.6) is 0 Å². The lowest BCUT2D eigenvalue weighted by atomic mass is 9.76. The molecule has 250 valence electrons. The second kappa shape index (κ2) is 18.2. The average molecular weight is 635 g/mol. The highest BCUT2D eigenvalue weighted by Gasteiger charge is 2.41. The lowest BCUT2D eigenvalue weighted by Gasteiger charge is -2.40. The number of carbonyl (C=O) groups is 4. The zero-order valence-corrected chi connectivity index (χ0v) is 29.0. The molecule has 0 fully saturated rings. The van der Waals surface area contributed by atoms with E-state index in [9.17, 15) is 19.2 Å². The Morgan fingerprint density at radius 2 is 1.57 bits per heavy atom. The first-order chi connectivity index (χ1) is 19.9. The molecule has 0 radical (unpaired) electrons. The minimum atomic E-state index is -0.827. The molecule has 10 heteroatoms. The van der Waals surface area contributed by atoms with Crippen molar-refractivity contribution in [2.75, 3.05) is 33.2 Å². The van der Waals surface area contributed by atoms with Gasteiger partial charge in [-0.05, 0) is 49.3 Å². The number of benzene rings is 1. The summed E-state index contributed by atoms with van der Waals surface area (Å²) in [6.07, 6.45) is 4.12. The average Bonchev–Trinajstić information content (AvgIpc) is 2.95. The van der Waals surface area contributed by atoms with Crippen molar-refractivity contribution in [3.05, 3.63) is 47.5 Å². The van der Waals surface area contributed by atoms with Crippen molar-refractivity contribution in [1.82, 2.24) is 20.9 Å². The molecule has 3 amide bonds. The van der Waals surface area contributed by atoms with E-state index < -0.39 is 46.9 Å². The van der Waals surface area contributed by atoms with Crippen LogP contribution in [0.2, 0.25) is 0 Å². The Morgan fingerprint density at radius 3 is 2.02 bits per heavy atom. The molecule has 1 rings (SSSR count). The van der Waals surface area contributed by atoms with Gasteiger partial charge >= 0.3 is 5.97 Å². The summed E-state index contributed by atoms with van der Waals surface area (Å²) in [7, 11) is 4.73. The Balaban J connectivity index is 0.0000185. The van der Waals surface area contributed by atoms with Crippen molar-refractivity contribution in [3.63, 3.8) is 0 Å². The first-order valence-electron chi connectivity index (χ1n) is 14.8. The molecule has 9 nitrogen and oxygen atoms in total. The fourth-order valence-electron chi connectivity index (χ4n) is 5.06. The highest BCUT2D eigenvalue weighted by Crippen LogP contribution is 2.29. The number of carbonyl (C=O) groups excluding carboxylic acids is 4. The van der Waals surface area contributed by atoms with E-state index in [1.807, 2.05) is 85.1 Å². The van der Waals surface area contributed by atoms with Crippen LogP contribution in [0.15, 0.2) is 42.0 Å². The number of rotatable bonds is 15. The molecule has 4 atom stereocenters. The standard InChI is InChI=1S/C33H54N4O5S.CH4/c1-21(2)25(20-22(3)28(38)35-24(18-19-43-12)31(41)42-11)37(10)30(40)27(32(4,5)6)36-29(39)26(34-9)33(7,8)23-16-14-13-15-17-23;/h13-17,20-21,24-27,34H,18-19H2,1-12H3,(H,35,38)(H,36,39);1H4/b22-20+;/t24?,25-,26-,27-;/m1./s1. The number of nitrogens with zero attached hydrogens (tertiary/aromatic N) is 1. The highest BCUT2D eigenvalue weighted by molar-refractivity contribution is 7.98. The van der Waals surface area contributed by atoms with Crippen LogP contribution in [0.4, 0.5) is 0 Å². The van der Waals surface area contributed by atoms with Gasteiger partial charge in [0, 0.05) is 18.0 Å². The van der Waals surface area contributed by atoms with Crippen molar-refractivity contribution < 1.29 is 23.9 Å². The fourth-order valence-corrected chi connectivity index (χ4v) is 5.53. The van der Waals surface area contributed by atoms with E-state index in [-0.39, 0.29) is 25.2 Å². The molecule has 0 aromatic heterocycles. The number of likely N-dealkylation sites (N-methyl/N-ethyl adjacent to an activating group) is 2. The van der Waals surface area contributed by atoms with Crippen LogP contribution in [0.1, 0.15) is 74.8 Å². The number of hydrogen-bond donors (Lipinski definition) is 3. The SMILES string of the molecule is C.CN[C@H](C(=O)N[C@H](C(=O)N(C)[C@H](/C=C(\C)C(=O)NC(CCSC)C(=O)OC)C(C)C)C(C)(C)C)C(C)(C)c1ccccc1. The molecule has 44 heavy (non-hydrogen) atoms. The summed E-state index contributed by atoms with van der Waals surface area (Å²) in [5.74, 6) is -0.785. The van der Waals surface area contributed by atoms with E-state index in [2.05, 4.69) is 16.0 Å². The Bertz CT molecular complexity index is 1110. The lowest BCUT2D eigenvalue weighted by Crippen LogP contribution is -2.61. The highest BCUT2D eigenvalue weighted by atomic mass is 32.2. The summed E-state index contributed by atoms with van der Waals surface area (Å²) < 4.78 is 4.87. The number of esters is 1. The molecule has 0 aliphatic rings. The van der Waals surface area contributed by atoms with Crippen molar-refractivity contribution in [2.45, 2.75) is 98.8 Å². The monoisotopic (exact) mass is 634 g/mol. The van der Waals surface area contributed by atoms with E-state index in [1.54, 1.807) is 43.8 Å². The van der Waals surface area contributed by atoms with E-state index in [1.165, 1.54) is 7.11 Å². The first-order valence-corrected chi connectivity index (χ1v) is 16.2. The van der Waals surface area contributed by atoms with Gasteiger partial charge in [0.25, 0.3) is 0 Å². The minimum absolute atomic E-state index is 0. The molecule has 0 spiro atoms. The zero-order chi connectivity index (χ0) is 33.1. The number of hydrogen-bond acceptors (Lipinski definition) is 7. The maximum Gasteiger partial charge on any atom is 0.328 e. The van der Waals surface area contributed by atoms with Crippen molar-refractivity contribution in [2.24, 2.45) is 11.3 Å². The third kappa shape index (κ3) is 11.3. The van der Waals surface area contributed by atoms with Crippen LogP contribution in [0, 0.1) is 11.3 Å². The van der Waals surface area contributed by atoms with Crippen LogP contribution < -0.4 is 16.0 Å². The van der Waals surface area contributed by atoms with Crippen LogP contribution >= 0.6 is 11.8 Å². The van der Waals surface area contributed by atoms with Gasteiger partial charge in [0.15, 0.2) is 0 Å². The fraction of sp³-hybridized carbons (Fsp3) is 0.647. The van der Waals surface area contributed by atoms with Crippen LogP contribution in [0.25, 0.3) is 0 Å². The normalized spacial score (nSPS) is 14.9. The maximum atomic E-state index is 14.1. The largest absolute Gasteiger partial charge is 0.467 e. The smallest absolute Gasteiger partial charge is 0.328 e. The number of nitrogens with one attached hydrogen (secondary N) is 3. The van der Waals surface area contributed by atoms with Gasteiger partial charge in [0.05, 0.1) is 19.2 Å².